The molecular formula is C24H26N4O2S2. The molecule has 0 radical (unpaired) electrons. The number of fused-ring (bicyclic) bond motifs is 1. The number of rotatable bonds is 8. The van der Waals surface area contributed by atoms with Crippen LogP contribution in [0, 0.1) is 6.92 Å². The molecule has 1 unspecified atom stereocenters. The van der Waals surface area contributed by atoms with Gasteiger partial charge in [-0.15, -0.1) is 22.7 Å². The van der Waals surface area contributed by atoms with Gasteiger partial charge in [0.25, 0.3) is 5.56 Å². The molecule has 4 aromatic rings. The summed E-state index contributed by atoms with van der Waals surface area (Å²) in [5.74, 6) is -0.0792. The van der Waals surface area contributed by atoms with E-state index in [-0.39, 0.29) is 23.9 Å². The first-order chi connectivity index (χ1) is 15.4. The Hall–Kier alpha value is -2.81. The Balaban J connectivity index is 1.46. The molecule has 32 heavy (non-hydrogen) atoms. The topological polar surface area (TPSA) is 67.2 Å². The van der Waals surface area contributed by atoms with Crippen LogP contribution in [-0.2, 0) is 11.3 Å². The van der Waals surface area contributed by atoms with Gasteiger partial charge in [-0.05, 0) is 38.0 Å². The van der Waals surface area contributed by atoms with Gasteiger partial charge in [-0.1, -0.05) is 35.9 Å². The number of thiophene rings is 2. The summed E-state index contributed by atoms with van der Waals surface area (Å²) in [6.45, 7) is 2.86. The number of likely N-dealkylation sites (N-methyl/N-ethyl adjacent to an activating group) is 1. The molecule has 3 aromatic heterocycles. The van der Waals surface area contributed by atoms with Crippen LogP contribution in [0.5, 0.6) is 0 Å². The summed E-state index contributed by atoms with van der Waals surface area (Å²) in [4.78, 5) is 34.1. The second-order valence-electron chi connectivity index (χ2n) is 7.99. The largest absolute Gasteiger partial charge is 0.354 e. The molecule has 3 heterocycles. The molecule has 1 N–H and O–H groups in total. The van der Waals surface area contributed by atoms with Crippen LogP contribution < -0.4 is 10.9 Å². The number of nitrogens with zero attached hydrogens (tertiary/aromatic N) is 3. The van der Waals surface area contributed by atoms with Crippen LogP contribution in [0.15, 0.2) is 58.3 Å². The number of hydrogen-bond acceptors (Lipinski definition) is 6. The maximum atomic E-state index is 13.2. The van der Waals surface area contributed by atoms with Gasteiger partial charge >= 0.3 is 0 Å². The second kappa shape index (κ2) is 9.77. The average molecular weight is 467 g/mol. The van der Waals surface area contributed by atoms with Gasteiger partial charge in [0.1, 0.15) is 4.83 Å². The number of carbonyl (C=O) groups is 1. The number of amides is 1. The Morgan fingerprint density at radius 1 is 1.19 bits per heavy atom. The lowest BCUT2D eigenvalue weighted by Crippen LogP contribution is -2.35. The zero-order valence-corrected chi connectivity index (χ0v) is 20.0. The predicted octanol–water partition coefficient (Wildman–Crippen LogP) is 4.30. The van der Waals surface area contributed by atoms with Crippen LogP contribution >= 0.6 is 22.7 Å². The van der Waals surface area contributed by atoms with Crippen molar-refractivity contribution in [2.75, 3.05) is 20.6 Å². The highest BCUT2D eigenvalue weighted by Crippen LogP contribution is 2.30. The predicted molar refractivity (Wildman–Crippen MR) is 132 cm³/mol. The standard InChI is InChI=1S/C24H26N4O2S2/c1-16-6-8-17(9-7-16)18-14-32-23-22(18)24(30)28(15-26-23)11-10-21(29)25-13-19(27(2)3)20-5-4-12-31-20/h4-9,12,14-15,19H,10-11,13H2,1-3H3,(H,25,29). The maximum absolute atomic E-state index is 13.2. The molecule has 8 heteroatoms. The Morgan fingerprint density at radius 3 is 2.66 bits per heavy atom. The number of aryl methyl sites for hydroxylation is 2. The van der Waals surface area contributed by atoms with Crippen molar-refractivity contribution in [3.63, 3.8) is 0 Å². The molecule has 1 amide bonds. The molecule has 0 fully saturated rings. The first-order valence-corrected chi connectivity index (χ1v) is 12.2. The summed E-state index contributed by atoms with van der Waals surface area (Å²) in [5.41, 5.74) is 2.96. The summed E-state index contributed by atoms with van der Waals surface area (Å²) in [7, 11) is 4.01. The molecule has 0 aliphatic rings. The van der Waals surface area contributed by atoms with E-state index in [1.54, 1.807) is 17.7 Å². The number of nitrogens with one attached hydrogen (secondary N) is 1. The van der Waals surface area contributed by atoms with Crippen LogP contribution in [0.2, 0.25) is 0 Å². The van der Waals surface area contributed by atoms with E-state index in [4.69, 9.17) is 0 Å². The van der Waals surface area contributed by atoms with Crippen LogP contribution in [0.25, 0.3) is 21.3 Å². The van der Waals surface area contributed by atoms with E-state index in [1.165, 1.54) is 26.3 Å². The van der Waals surface area contributed by atoms with E-state index < -0.39 is 0 Å². The van der Waals surface area contributed by atoms with Crippen molar-refractivity contribution in [1.29, 1.82) is 0 Å². The summed E-state index contributed by atoms with van der Waals surface area (Å²) < 4.78 is 1.54. The lowest BCUT2D eigenvalue weighted by molar-refractivity contribution is -0.121. The minimum Gasteiger partial charge on any atom is -0.354 e. The van der Waals surface area contributed by atoms with Crippen molar-refractivity contribution in [1.82, 2.24) is 19.8 Å². The van der Waals surface area contributed by atoms with Crippen LogP contribution in [0.3, 0.4) is 0 Å². The minimum atomic E-state index is -0.107. The van der Waals surface area contributed by atoms with Crippen LogP contribution in [0.4, 0.5) is 0 Å². The van der Waals surface area contributed by atoms with Crippen molar-refractivity contribution in [2.24, 2.45) is 0 Å². The molecule has 0 saturated heterocycles. The third-order valence-electron chi connectivity index (χ3n) is 5.49. The highest BCUT2D eigenvalue weighted by atomic mass is 32.1. The fourth-order valence-electron chi connectivity index (χ4n) is 3.61. The van der Waals surface area contributed by atoms with Gasteiger partial charge in [-0.3, -0.25) is 14.2 Å². The monoisotopic (exact) mass is 466 g/mol. The van der Waals surface area contributed by atoms with Crippen molar-refractivity contribution >= 4 is 38.8 Å². The molecule has 4 rings (SSSR count). The molecular weight excluding hydrogens is 440 g/mol. The SMILES string of the molecule is Cc1ccc(-c2csc3ncn(CCC(=O)NCC(c4cccs4)N(C)C)c(=O)c23)cc1. The zero-order chi connectivity index (χ0) is 22.7. The average Bonchev–Trinajstić information content (AvgIpc) is 3.44. The van der Waals surface area contributed by atoms with Gasteiger partial charge in [0.05, 0.1) is 17.8 Å². The van der Waals surface area contributed by atoms with Gasteiger partial charge in [0.15, 0.2) is 0 Å². The summed E-state index contributed by atoms with van der Waals surface area (Å²) in [5, 5.41) is 7.65. The molecule has 166 valence electrons. The highest BCUT2D eigenvalue weighted by Gasteiger charge is 2.17. The van der Waals surface area contributed by atoms with Gasteiger partial charge in [-0.2, -0.15) is 0 Å². The molecule has 0 spiro atoms. The van der Waals surface area contributed by atoms with Gasteiger partial charge in [0, 0.05) is 35.3 Å². The van der Waals surface area contributed by atoms with Crippen molar-refractivity contribution in [3.8, 4) is 11.1 Å². The Morgan fingerprint density at radius 2 is 1.97 bits per heavy atom. The second-order valence-corrected chi connectivity index (χ2v) is 9.82. The number of aromatic nitrogens is 2. The van der Waals surface area contributed by atoms with E-state index in [9.17, 15) is 9.59 Å². The molecule has 1 aromatic carbocycles. The van der Waals surface area contributed by atoms with Crippen molar-refractivity contribution in [3.05, 3.63) is 74.3 Å². The zero-order valence-electron chi connectivity index (χ0n) is 18.4. The third-order valence-corrected chi connectivity index (χ3v) is 7.35. The quantitative estimate of drug-likeness (QED) is 0.420. The van der Waals surface area contributed by atoms with E-state index >= 15 is 0 Å². The highest BCUT2D eigenvalue weighted by molar-refractivity contribution is 7.17. The molecule has 0 aliphatic heterocycles. The van der Waals surface area contributed by atoms with E-state index in [0.29, 0.717) is 18.5 Å². The first-order valence-electron chi connectivity index (χ1n) is 10.4. The van der Waals surface area contributed by atoms with Crippen LogP contribution in [0.1, 0.15) is 22.9 Å². The summed E-state index contributed by atoms with van der Waals surface area (Å²) in [6, 6.07) is 12.3. The van der Waals surface area contributed by atoms with Crippen LogP contribution in [-0.4, -0.2) is 41.0 Å². The first kappa shape index (κ1) is 22.4. The fourth-order valence-corrected chi connectivity index (χ4v) is 5.44. The molecule has 0 aliphatic carbocycles. The molecule has 6 nitrogen and oxygen atoms in total. The number of carbonyl (C=O) groups excluding carboxylic acids is 1. The lowest BCUT2D eigenvalue weighted by Gasteiger charge is -2.23. The number of benzene rings is 1. The van der Waals surface area contributed by atoms with Gasteiger partial charge < -0.3 is 10.2 Å². The minimum absolute atomic E-state index is 0.0792. The Labute approximate surface area is 195 Å². The van der Waals surface area contributed by atoms with Crippen molar-refractivity contribution < 1.29 is 4.79 Å². The van der Waals surface area contributed by atoms with Gasteiger partial charge in [-0.25, -0.2) is 4.98 Å². The van der Waals surface area contributed by atoms with E-state index in [0.717, 1.165) is 16.0 Å². The summed E-state index contributed by atoms with van der Waals surface area (Å²) >= 11 is 3.15. The smallest absolute Gasteiger partial charge is 0.262 e. The molecule has 0 saturated carbocycles. The van der Waals surface area contributed by atoms with E-state index in [2.05, 4.69) is 21.3 Å². The fraction of sp³-hybridized carbons (Fsp3) is 0.292. The Kier molecular flexibility index (Phi) is 6.83. The summed E-state index contributed by atoms with van der Waals surface area (Å²) in [6.07, 6.45) is 1.77. The lowest BCUT2D eigenvalue weighted by atomic mass is 10.1. The van der Waals surface area contributed by atoms with E-state index in [1.807, 2.05) is 62.1 Å². The molecule has 1 atom stereocenters. The van der Waals surface area contributed by atoms with Crippen molar-refractivity contribution in [2.45, 2.75) is 25.9 Å². The normalized spacial score (nSPS) is 12.4. The molecule has 0 bridgehead atoms. The van der Waals surface area contributed by atoms with Gasteiger partial charge in [0.2, 0.25) is 5.91 Å². The third kappa shape index (κ3) is 4.82. The number of hydrogen-bond donors (Lipinski definition) is 1. The Bertz CT molecular complexity index is 1260. The maximum Gasteiger partial charge on any atom is 0.262 e.